The quantitative estimate of drug-likeness (QED) is 0.849. The second-order valence-corrected chi connectivity index (χ2v) is 6.04. The highest BCUT2D eigenvalue weighted by Crippen LogP contribution is 2.36. The van der Waals surface area contributed by atoms with Gasteiger partial charge in [-0.1, -0.05) is 0 Å². The van der Waals surface area contributed by atoms with Gasteiger partial charge >= 0.3 is 6.01 Å². The van der Waals surface area contributed by atoms with Gasteiger partial charge in [0.25, 0.3) is 0 Å². The monoisotopic (exact) mass is 313 g/mol. The molecular weight excluding hydrogens is 294 g/mol. The molecule has 0 bridgehead atoms. The average molecular weight is 313 g/mol. The minimum Gasteiger partial charge on any atom is -0.458 e. The highest BCUT2D eigenvalue weighted by atomic mass is 16.6. The smallest absolute Gasteiger partial charge is 0.316 e. The third-order valence-electron chi connectivity index (χ3n) is 4.36. The zero-order chi connectivity index (χ0) is 15.5. The predicted molar refractivity (Wildman–Crippen MR) is 83.2 cm³/mol. The molecule has 0 N–H and O–H groups in total. The summed E-state index contributed by atoms with van der Waals surface area (Å²) >= 11 is 0. The number of nitrogens with zero attached hydrogens (tertiary/aromatic N) is 5. The molecule has 2 saturated heterocycles. The Bertz CT molecular complexity index is 641. The molecule has 120 valence electrons. The Balaban J connectivity index is 1.43. The lowest BCUT2D eigenvalue weighted by Crippen LogP contribution is -2.48. The summed E-state index contributed by atoms with van der Waals surface area (Å²) in [6, 6.07) is 4.02. The molecule has 7 nitrogen and oxygen atoms in total. The van der Waals surface area contributed by atoms with Crippen molar-refractivity contribution in [2.24, 2.45) is 0 Å². The van der Waals surface area contributed by atoms with Crippen molar-refractivity contribution in [3.8, 4) is 6.01 Å². The average Bonchev–Trinajstić information content (AvgIpc) is 2.98. The van der Waals surface area contributed by atoms with Crippen molar-refractivity contribution in [1.82, 2.24) is 19.9 Å². The molecule has 0 unspecified atom stereocenters. The van der Waals surface area contributed by atoms with Crippen molar-refractivity contribution in [3.63, 3.8) is 0 Å². The van der Waals surface area contributed by atoms with E-state index in [1.807, 2.05) is 6.07 Å². The largest absolute Gasteiger partial charge is 0.458 e. The van der Waals surface area contributed by atoms with E-state index in [0.717, 1.165) is 38.3 Å². The molecular formula is C16H19N5O2. The Morgan fingerprint density at radius 3 is 2.61 bits per heavy atom. The van der Waals surface area contributed by atoms with E-state index in [0.29, 0.717) is 12.6 Å². The van der Waals surface area contributed by atoms with Crippen LogP contribution in [0.3, 0.4) is 0 Å². The fourth-order valence-electron chi connectivity index (χ4n) is 3.38. The second kappa shape index (κ2) is 6.08. The van der Waals surface area contributed by atoms with Crippen LogP contribution in [-0.4, -0.2) is 51.3 Å². The maximum absolute atomic E-state index is 6.14. The van der Waals surface area contributed by atoms with Gasteiger partial charge in [-0.2, -0.15) is 0 Å². The summed E-state index contributed by atoms with van der Waals surface area (Å²) in [6.45, 7) is 2.33. The van der Waals surface area contributed by atoms with E-state index in [-0.39, 0.29) is 11.7 Å². The third-order valence-corrected chi connectivity index (χ3v) is 4.36. The molecule has 2 aromatic rings. The maximum Gasteiger partial charge on any atom is 0.316 e. The molecule has 2 aromatic heterocycles. The lowest BCUT2D eigenvalue weighted by atomic mass is 9.89. The number of ether oxygens (including phenoxy) is 2. The summed E-state index contributed by atoms with van der Waals surface area (Å²) in [5, 5.41) is 0. The van der Waals surface area contributed by atoms with Crippen LogP contribution < -0.4 is 9.64 Å². The van der Waals surface area contributed by atoms with Crippen molar-refractivity contribution < 1.29 is 9.47 Å². The van der Waals surface area contributed by atoms with Gasteiger partial charge in [-0.05, 0) is 25.0 Å². The molecule has 0 saturated carbocycles. The van der Waals surface area contributed by atoms with Gasteiger partial charge in [-0.25, -0.2) is 19.9 Å². The lowest BCUT2D eigenvalue weighted by Gasteiger charge is -2.39. The first-order valence-electron chi connectivity index (χ1n) is 7.93. The van der Waals surface area contributed by atoms with Crippen LogP contribution in [0.5, 0.6) is 6.01 Å². The predicted octanol–water partition coefficient (Wildman–Crippen LogP) is 1.47. The van der Waals surface area contributed by atoms with E-state index in [1.54, 1.807) is 30.9 Å². The summed E-state index contributed by atoms with van der Waals surface area (Å²) < 4.78 is 12.0. The number of hydrogen-bond acceptors (Lipinski definition) is 7. The number of rotatable bonds is 3. The van der Waals surface area contributed by atoms with Crippen LogP contribution in [0.2, 0.25) is 0 Å². The molecule has 0 aliphatic carbocycles. The van der Waals surface area contributed by atoms with Crippen molar-refractivity contribution in [2.75, 3.05) is 24.6 Å². The molecule has 4 rings (SSSR count). The van der Waals surface area contributed by atoms with Crippen LogP contribution in [-0.2, 0) is 4.74 Å². The van der Waals surface area contributed by atoms with E-state index in [4.69, 9.17) is 9.47 Å². The normalized spacial score (nSPS) is 27.3. The van der Waals surface area contributed by atoms with Crippen LogP contribution in [0, 0.1) is 0 Å². The standard InChI is InChI=1S/C16H19N5O2/c1-4-16(12-21(9-1)14-17-5-2-6-18-14)10-13(11-22-16)23-15-19-7-3-8-20-15/h2-3,5-8,13H,1,4,9-12H2/t13-,16-/m1/s1. The Morgan fingerprint density at radius 1 is 1.09 bits per heavy atom. The van der Waals surface area contributed by atoms with Crippen LogP contribution >= 0.6 is 0 Å². The van der Waals surface area contributed by atoms with E-state index in [1.165, 1.54) is 0 Å². The number of aromatic nitrogens is 4. The molecule has 23 heavy (non-hydrogen) atoms. The molecule has 1 spiro atoms. The Morgan fingerprint density at radius 2 is 1.83 bits per heavy atom. The summed E-state index contributed by atoms with van der Waals surface area (Å²) in [5.74, 6) is 0.769. The zero-order valence-corrected chi connectivity index (χ0v) is 12.8. The van der Waals surface area contributed by atoms with Crippen molar-refractivity contribution >= 4 is 5.95 Å². The molecule has 0 radical (unpaired) electrons. The van der Waals surface area contributed by atoms with Gasteiger partial charge in [0.05, 0.1) is 12.2 Å². The van der Waals surface area contributed by atoms with Gasteiger partial charge < -0.3 is 14.4 Å². The van der Waals surface area contributed by atoms with E-state index >= 15 is 0 Å². The first kappa shape index (κ1) is 14.3. The maximum atomic E-state index is 6.14. The summed E-state index contributed by atoms with van der Waals surface area (Å²) in [5.41, 5.74) is -0.184. The molecule has 2 atom stereocenters. The molecule has 7 heteroatoms. The summed E-state index contributed by atoms with van der Waals surface area (Å²) in [6.07, 6.45) is 9.85. The highest BCUT2D eigenvalue weighted by Gasteiger charge is 2.45. The topological polar surface area (TPSA) is 73.3 Å². The van der Waals surface area contributed by atoms with E-state index < -0.39 is 0 Å². The molecule has 2 aliphatic heterocycles. The number of hydrogen-bond donors (Lipinski definition) is 0. The van der Waals surface area contributed by atoms with Gasteiger partial charge in [-0.3, -0.25) is 0 Å². The lowest BCUT2D eigenvalue weighted by molar-refractivity contribution is -0.00858. The highest BCUT2D eigenvalue weighted by molar-refractivity contribution is 5.31. The fraction of sp³-hybridized carbons (Fsp3) is 0.500. The first-order chi connectivity index (χ1) is 11.3. The van der Waals surface area contributed by atoms with Gasteiger partial charge in [0, 0.05) is 44.3 Å². The molecule has 2 aliphatic rings. The fourth-order valence-corrected chi connectivity index (χ4v) is 3.38. The van der Waals surface area contributed by atoms with Crippen LogP contribution in [0.25, 0.3) is 0 Å². The van der Waals surface area contributed by atoms with E-state index in [9.17, 15) is 0 Å². The minimum absolute atomic E-state index is 0.00552. The number of piperidine rings is 1. The third kappa shape index (κ3) is 3.10. The first-order valence-corrected chi connectivity index (χ1v) is 7.93. The molecule has 0 aromatic carbocycles. The van der Waals surface area contributed by atoms with Crippen LogP contribution in [0.1, 0.15) is 19.3 Å². The SMILES string of the molecule is c1cnc(O[C@H]2CO[C@]3(CCCN(c4ncccn4)C3)C2)nc1. The van der Waals surface area contributed by atoms with Gasteiger partial charge in [-0.15, -0.1) is 0 Å². The van der Waals surface area contributed by atoms with Gasteiger partial charge in [0.1, 0.15) is 6.10 Å². The second-order valence-electron chi connectivity index (χ2n) is 6.04. The molecule has 4 heterocycles. The Labute approximate surface area is 134 Å². The van der Waals surface area contributed by atoms with E-state index in [2.05, 4.69) is 24.8 Å². The van der Waals surface area contributed by atoms with Crippen molar-refractivity contribution in [2.45, 2.75) is 31.0 Å². The van der Waals surface area contributed by atoms with Crippen LogP contribution in [0.4, 0.5) is 5.95 Å². The van der Waals surface area contributed by atoms with Gasteiger partial charge in [0.2, 0.25) is 5.95 Å². The van der Waals surface area contributed by atoms with Gasteiger partial charge in [0.15, 0.2) is 0 Å². The van der Waals surface area contributed by atoms with Crippen LogP contribution in [0.15, 0.2) is 36.9 Å². The Kier molecular flexibility index (Phi) is 3.78. The Hall–Kier alpha value is -2.28. The van der Waals surface area contributed by atoms with Crippen molar-refractivity contribution in [1.29, 1.82) is 0 Å². The molecule has 0 amide bonds. The zero-order valence-electron chi connectivity index (χ0n) is 12.8. The summed E-state index contributed by atoms with van der Waals surface area (Å²) in [7, 11) is 0. The molecule has 2 fully saturated rings. The number of anilines is 1. The summed E-state index contributed by atoms with van der Waals surface area (Å²) in [4.78, 5) is 19.1. The minimum atomic E-state index is -0.184. The van der Waals surface area contributed by atoms with Crippen molar-refractivity contribution in [3.05, 3.63) is 36.9 Å².